The highest BCUT2D eigenvalue weighted by Crippen LogP contribution is 2.24. The largest absolute Gasteiger partial charge is 0.497 e. The van der Waals surface area contributed by atoms with Crippen LogP contribution < -0.4 is 10.1 Å². The summed E-state index contributed by atoms with van der Waals surface area (Å²) in [6.07, 6.45) is 1.15. The molecule has 0 atom stereocenters. The van der Waals surface area contributed by atoms with Gasteiger partial charge in [0, 0.05) is 36.9 Å². The van der Waals surface area contributed by atoms with E-state index in [-0.39, 0.29) is 5.91 Å². The number of rotatable bonds is 8. The Kier molecular flexibility index (Phi) is 6.55. The third kappa shape index (κ3) is 5.65. The van der Waals surface area contributed by atoms with Gasteiger partial charge < -0.3 is 15.0 Å². The van der Waals surface area contributed by atoms with Gasteiger partial charge in [-0.3, -0.25) is 4.79 Å². The van der Waals surface area contributed by atoms with Crippen LogP contribution in [0.1, 0.15) is 11.4 Å². The summed E-state index contributed by atoms with van der Waals surface area (Å²) < 4.78 is 5.16. The molecular formula is C17H23N3O2S. The van der Waals surface area contributed by atoms with E-state index in [4.69, 9.17) is 4.74 Å². The summed E-state index contributed by atoms with van der Waals surface area (Å²) in [6, 6.07) is 7.83. The van der Waals surface area contributed by atoms with Crippen molar-refractivity contribution in [2.24, 2.45) is 0 Å². The van der Waals surface area contributed by atoms with Crippen LogP contribution in [0.15, 0.2) is 29.6 Å². The zero-order valence-corrected chi connectivity index (χ0v) is 14.7. The number of methoxy groups -OCH3 is 1. The number of thiazole rings is 1. The lowest BCUT2D eigenvalue weighted by molar-refractivity contribution is -0.121. The highest BCUT2D eigenvalue weighted by Gasteiger charge is 2.07. The molecule has 0 unspecified atom stereocenters. The Hall–Kier alpha value is -1.92. The van der Waals surface area contributed by atoms with Gasteiger partial charge >= 0.3 is 0 Å². The highest BCUT2D eigenvalue weighted by molar-refractivity contribution is 7.09. The van der Waals surface area contributed by atoms with Gasteiger partial charge in [-0.05, 0) is 38.4 Å². The number of ether oxygens (including phenoxy) is 1. The van der Waals surface area contributed by atoms with Gasteiger partial charge in [0.05, 0.1) is 17.8 Å². The Morgan fingerprint density at radius 3 is 2.70 bits per heavy atom. The molecule has 0 aliphatic rings. The summed E-state index contributed by atoms with van der Waals surface area (Å²) in [5, 5.41) is 5.93. The maximum Gasteiger partial charge on any atom is 0.220 e. The minimum Gasteiger partial charge on any atom is -0.497 e. The van der Waals surface area contributed by atoms with Crippen molar-refractivity contribution in [2.45, 2.75) is 12.8 Å². The first-order valence-corrected chi connectivity index (χ1v) is 8.46. The van der Waals surface area contributed by atoms with Crippen LogP contribution in [0.4, 0.5) is 0 Å². The fourth-order valence-electron chi connectivity index (χ4n) is 2.05. The van der Waals surface area contributed by atoms with Gasteiger partial charge in [-0.1, -0.05) is 0 Å². The second-order valence-corrected chi connectivity index (χ2v) is 6.45. The number of hydrogen-bond donors (Lipinski definition) is 1. The highest BCUT2D eigenvalue weighted by atomic mass is 32.1. The molecule has 2 rings (SSSR count). The lowest BCUT2D eigenvalue weighted by atomic mass is 10.2. The molecule has 0 bridgehead atoms. The van der Waals surface area contributed by atoms with Crippen LogP contribution in [0.2, 0.25) is 0 Å². The van der Waals surface area contributed by atoms with Gasteiger partial charge in [-0.15, -0.1) is 11.3 Å². The van der Waals surface area contributed by atoms with Gasteiger partial charge in [0.1, 0.15) is 5.75 Å². The van der Waals surface area contributed by atoms with Crippen molar-refractivity contribution in [1.29, 1.82) is 0 Å². The molecule has 0 radical (unpaired) electrons. The molecule has 0 aliphatic heterocycles. The number of aromatic nitrogens is 1. The number of nitrogens with one attached hydrogen (secondary N) is 1. The second kappa shape index (κ2) is 8.64. The molecule has 0 fully saturated rings. The van der Waals surface area contributed by atoms with Crippen LogP contribution in [-0.4, -0.2) is 50.1 Å². The number of carbonyl (C=O) groups excluding carboxylic acids is 1. The number of nitrogens with zero attached hydrogens (tertiary/aromatic N) is 2. The molecule has 0 saturated carbocycles. The van der Waals surface area contributed by atoms with Crippen LogP contribution in [0.25, 0.3) is 11.3 Å². The van der Waals surface area contributed by atoms with E-state index < -0.39 is 0 Å². The lowest BCUT2D eigenvalue weighted by Gasteiger charge is -2.09. The van der Waals surface area contributed by atoms with Gasteiger partial charge in [0.2, 0.25) is 5.91 Å². The quantitative estimate of drug-likeness (QED) is 0.806. The molecular weight excluding hydrogens is 310 g/mol. The first kappa shape index (κ1) is 17.4. The Bertz CT molecular complexity index is 623. The van der Waals surface area contributed by atoms with E-state index in [1.54, 1.807) is 18.4 Å². The van der Waals surface area contributed by atoms with Crippen molar-refractivity contribution in [3.8, 4) is 17.0 Å². The topological polar surface area (TPSA) is 54.5 Å². The predicted molar refractivity (Wildman–Crippen MR) is 94.0 cm³/mol. The molecule has 0 aliphatic carbocycles. The van der Waals surface area contributed by atoms with Gasteiger partial charge in [-0.2, -0.15) is 0 Å². The van der Waals surface area contributed by atoms with E-state index >= 15 is 0 Å². The number of carbonyl (C=O) groups is 1. The average Bonchev–Trinajstić information content (AvgIpc) is 3.01. The van der Waals surface area contributed by atoms with E-state index in [9.17, 15) is 4.79 Å². The molecule has 5 nitrogen and oxygen atoms in total. The summed E-state index contributed by atoms with van der Waals surface area (Å²) in [5.74, 6) is 0.909. The fourth-order valence-corrected chi connectivity index (χ4v) is 2.86. The van der Waals surface area contributed by atoms with Crippen molar-refractivity contribution in [2.75, 3.05) is 34.3 Å². The van der Waals surface area contributed by atoms with Gasteiger partial charge in [0.15, 0.2) is 0 Å². The molecule has 124 valence electrons. The number of aryl methyl sites for hydroxylation is 1. The van der Waals surface area contributed by atoms with Crippen molar-refractivity contribution in [1.82, 2.24) is 15.2 Å². The lowest BCUT2D eigenvalue weighted by Crippen LogP contribution is -2.31. The number of benzene rings is 1. The van der Waals surface area contributed by atoms with Crippen molar-refractivity contribution in [3.05, 3.63) is 34.7 Å². The number of hydrogen-bond acceptors (Lipinski definition) is 5. The Balaban J connectivity index is 1.83. The van der Waals surface area contributed by atoms with Crippen molar-refractivity contribution < 1.29 is 9.53 Å². The summed E-state index contributed by atoms with van der Waals surface area (Å²) in [5.41, 5.74) is 2.00. The number of likely N-dealkylation sites (N-methyl/N-ethyl adjacent to an activating group) is 1. The average molecular weight is 333 g/mol. The normalized spacial score (nSPS) is 10.8. The molecule has 2 aromatic rings. The maximum atomic E-state index is 11.8. The number of amides is 1. The first-order valence-electron chi connectivity index (χ1n) is 7.58. The van der Waals surface area contributed by atoms with Crippen LogP contribution in [-0.2, 0) is 11.2 Å². The van der Waals surface area contributed by atoms with E-state index in [1.807, 2.05) is 48.6 Å². The first-order chi connectivity index (χ1) is 11.1. The van der Waals surface area contributed by atoms with E-state index in [1.165, 1.54) is 0 Å². The maximum absolute atomic E-state index is 11.8. The minimum absolute atomic E-state index is 0.0769. The zero-order chi connectivity index (χ0) is 16.7. The van der Waals surface area contributed by atoms with Gasteiger partial charge in [0.25, 0.3) is 0 Å². The summed E-state index contributed by atoms with van der Waals surface area (Å²) >= 11 is 1.59. The molecule has 6 heteroatoms. The smallest absolute Gasteiger partial charge is 0.220 e. The van der Waals surface area contributed by atoms with Crippen LogP contribution >= 0.6 is 11.3 Å². The Morgan fingerprint density at radius 2 is 2.04 bits per heavy atom. The third-order valence-corrected chi connectivity index (χ3v) is 4.29. The Morgan fingerprint density at radius 1 is 1.30 bits per heavy atom. The molecule has 1 aromatic heterocycles. The molecule has 23 heavy (non-hydrogen) atoms. The van der Waals surface area contributed by atoms with Crippen LogP contribution in [0.3, 0.4) is 0 Å². The minimum atomic E-state index is 0.0769. The standard InChI is InChI=1S/C17H23N3O2S/c1-20(2)11-10-18-16(21)8-9-17-19-15(12-23-17)13-4-6-14(22-3)7-5-13/h4-7,12H,8-11H2,1-3H3,(H,18,21). The monoisotopic (exact) mass is 333 g/mol. The molecule has 0 spiro atoms. The second-order valence-electron chi connectivity index (χ2n) is 5.51. The molecule has 1 aromatic carbocycles. The zero-order valence-electron chi connectivity index (χ0n) is 13.8. The predicted octanol–water partition coefficient (Wildman–Crippen LogP) is 2.43. The van der Waals surface area contributed by atoms with E-state index in [0.717, 1.165) is 28.6 Å². The van der Waals surface area contributed by atoms with Crippen molar-refractivity contribution >= 4 is 17.2 Å². The SMILES string of the molecule is COc1ccc(-c2csc(CCC(=O)NCCN(C)C)n2)cc1. The van der Waals surface area contributed by atoms with E-state index in [2.05, 4.69) is 10.3 Å². The molecule has 0 saturated heterocycles. The fraction of sp³-hybridized carbons (Fsp3) is 0.412. The molecule has 1 N–H and O–H groups in total. The van der Waals surface area contributed by atoms with Crippen molar-refractivity contribution in [3.63, 3.8) is 0 Å². The molecule has 1 amide bonds. The van der Waals surface area contributed by atoms with Crippen LogP contribution in [0, 0.1) is 0 Å². The Labute approximate surface area is 141 Å². The summed E-state index contributed by atoms with van der Waals surface area (Å²) in [7, 11) is 5.63. The van der Waals surface area contributed by atoms with Crippen LogP contribution in [0.5, 0.6) is 5.75 Å². The molecule has 1 heterocycles. The van der Waals surface area contributed by atoms with Gasteiger partial charge in [-0.25, -0.2) is 4.98 Å². The van der Waals surface area contributed by atoms with E-state index in [0.29, 0.717) is 19.4 Å². The summed E-state index contributed by atoms with van der Waals surface area (Å²) in [4.78, 5) is 18.4. The summed E-state index contributed by atoms with van der Waals surface area (Å²) in [6.45, 7) is 1.53. The third-order valence-electron chi connectivity index (χ3n) is 3.38.